The first-order chi connectivity index (χ1) is 19.5. The van der Waals surface area contributed by atoms with E-state index in [2.05, 4.69) is 0 Å². The molecule has 1 saturated heterocycles. The molecule has 2 aromatic rings. The highest BCUT2D eigenvalue weighted by atomic mass is 35.5. The molecule has 0 N–H and O–H groups in total. The molecule has 0 saturated carbocycles. The maximum absolute atomic E-state index is 12.4. The maximum atomic E-state index is 12.4. The molecule has 10 nitrogen and oxygen atoms in total. The topological polar surface area (TPSA) is 124 Å². The van der Waals surface area contributed by atoms with Crippen molar-refractivity contribution in [1.29, 1.82) is 0 Å². The Bertz CT molecular complexity index is 1290. The van der Waals surface area contributed by atoms with Crippen molar-refractivity contribution in [1.82, 2.24) is 0 Å². The summed E-state index contributed by atoms with van der Waals surface area (Å²) in [6.07, 6.45) is -4.01. The van der Waals surface area contributed by atoms with Crippen LogP contribution in [0.25, 0.3) is 0 Å². The first kappa shape index (κ1) is 30.3. The minimum Gasteiger partial charge on any atom is -0.492 e. The van der Waals surface area contributed by atoms with E-state index in [4.69, 9.17) is 40.0 Å². The van der Waals surface area contributed by atoms with Crippen molar-refractivity contribution in [3.05, 3.63) is 63.7 Å². The fourth-order valence-corrected chi connectivity index (χ4v) is 5.55. The molecule has 11 heteroatoms. The van der Waals surface area contributed by atoms with Crippen LogP contribution in [-0.2, 0) is 55.7 Å². The zero-order valence-electron chi connectivity index (χ0n) is 23.3. The Morgan fingerprint density at radius 3 is 2.15 bits per heavy atom. The maximum Gasteiger partial charge on any atom is 0.303 e. The summed E-state index contributed by atoms with van der Waals surface area (Å²) in [4.78, 5) is 48.4. The van der Waals surface area contributed by atoms with Crippen molar-refractivity contribution in [3.8, 4) is 5.75 Å². The van der Waals surface area contributed by atoms with Gasteiger partial charge in [0.25, 0.3) is 0 Å². The summed E-state index contributed by atoms with van der Waals surface area (Å²) < 4.78 is 34.6. The molecule has 5 unspecified atom stereocenters. The predicted octanol–water partition coefficient (Wildman–Crippen LogP) is 4.05. The van der Waals surface area contributed by atoms with E-state index in [1.807, 2.05) is 36.4 Å². The molecule has 0 amide bonds. The fourth-order valence-electron chi connectivity index (χ4n) is 5.26. The van der Waals surface area contributed by atoms with Crippen molar-refractivity contribution in [2.75, 3.05) is 13.2 Å². The van der Waals surface area contributed by atoms with E-state index in [9.17, 15) is 19.2 Å². The summed E-state index contributed by atoms with van der Waals surface area (Å²) in [6, 6.07) is 11.6. The molecule has 0 aliphatic carbocycles. The van der Waals surface area contributed by atoms with E-state index in [1.54, 1.807) is 0 Å². The Morgan fingerprint density at radius 2 is 1.51 bits per heavy atom. The zero-order valence-corrected chi connectivity index (χ0v) is 24.1. The zero-order chi connectivity index (χ0) is 29.7. The largest absolute Gasteiger partial charge is 0.492 e. The third kappa shape index (κ3) is 7.37. The molecule has 0 radical (unpaired) electrons. The van der Waals surface area contributed by atoms with Gasteiger partial charge in [-0.25, -0.2) is 0 Å². The Hall–Kier alpha value is -3.63. The number of fused-ring (bicyclic) bond motifs is 1. The Balaban J connectivity index is 1.88. The standard InChI is InChI=1S/C30H33ClO10/c1-16(32)37-15-24-28(38-17(2)33)30(40-19(4)35)29(39-18(3)34)27(41-24)23-14-21(13-20-9-6-5-7-10-20)25(31)26-22(23)11-8-12-36-26/h5-7,9-10,14,24,27-30H,8,11-13,15H2,1-4H3. The van der Waals surface area contributed by atoms with E-state index in [0.717, 1.165) is 16.7 Å². The van der Waals surface area contributed by atoms with Crippen molar-refractivity contribution in [2.24, 2.45) is 0 Å². The normalized spacial score (nSPS) is 23.4. The lowest BCUT2D eigenvalue weighted by Crippen LogP contribution is -2.59. The van der Waals surface area contributed by atoms with E-state index < -0.39 is 54.4 Å². The van der Waals surface area contributed by atoms with Crippen LogP contribution in [0, 0.1) is 0 Å². The van der Waals surface area contributed by atoms with E-state index in [0.29, 0.717) is 42.2 Å². The summed E-state index contributed by atoms with van der Waals surface area (Å²) in [5.41, 5.74) is 3.14. The van der Waals surface area contributed by atoms with Crippen LogP contribution in [0.15, 0.2) is 36.4 Å². The number of ether oxygens (including phenoxy) is 6. The van der Waals surface area contributed by atoms with Crippen molar-refractivity contribution < 1.29 is 47.6 Å². The van der Waals surface area contributed by atoms with Gasteiger partial charge in [0.1, 0.15) is 24.6 Å². The van der Waals surface area contributed by atoms with Crippen LogP contribution in [0.5, 0.6) is 5.75 Å². The smallest absolute Gasteiger partial charge is 0.303 e. The number of halogens is 1. The molecule has 0 bridgehead atoms. The summed E-state index contributed by atoms with van der Waals surface area (Å²) in [5.74, 6) is -2.12. The molecule has 5 atom stereocenters. The molecule has 2 heterocycles. The number of carbonyl (C=O) groups excluding carboxylic acids is 4. The predicted molar refractivity (Wildman–Crippen MR) is 145 cm³/mol. The molecular formula is C30H33ClO10. The molecule has 0 spiro atoms. The second-order valence-corrected chi connectivity index (χ2v) is 10.4. The van der Waals surface area contributed by atoms with Crippen molar-refractivity contribution in [2.45, 2.75) is 77.5 Å². The summed E-state index contributed by atoms with van der Waals surface area (Å²) in [5, 5.41) is 0.470. The number of esters is 4. The van der Waals surface area contributed by atoms with Crippen molar-refractivity contribution in [3.63, 3.8) is 0 Å². The number of rotatable bonds is 8. The highest BCUT2D eigenvalue weighted by Gasteiger charge is 2.53. The molecule has 1 fully saturated rings. The lowest BCUT2D eigenvalue weighted by Gasteiger charge is -2.45. The Kier molecular flexibility index (Phi) is 9.88. The van der Waals surface area contributed by atoms with E-state index >= 15 is 0 Å². The van der Waals surface area contributed by atoms with Gasteiger partial charge in [0.2, 0.25) is 0 Å². The minimum atomic E-state index is -1.27. The van der Waals surface area contributed by atoms with Crippen LogP contribution in [0.2, 0.25) is 5.02 Å². The average Bonchev–Trinajstić information content (AvgIpc) is 2.91. The van der Waals surface area contributed by atoms with Crippen LogP contribution in [0.3, 0.4) is 0 Å². The van der Waals surface area contributed by atoms with Gasteiger partial charge in [-0.1, -0.05) is 48.0 Å². The van der Waals surface area contributed by atoms with Gasteiger partial charge in [-0.05, 0) is 36.0 Å². The van der Waals surface area contributed by atoms with E-state index in [-0.39, 0.29) is 6.61 Å². The van der Waals surface area contributed by atoms with Gasteiger partial charge in [0.15, 0.2) is 18.3 Å². The van der Waals surface area contributed by atoms with Gasteiger partial charge in [0, 0.05) is 33.3 Å². The van der Waals surface area contributed by atoms with Crippen LogP contribution in [0.1, 0.15) is 62.5 Å². The van der Waals surface area contributed by atoms with Crippen LogP contribution in [-0.4, -0.2) is 61.5 Å². The molecule has 4 rings (SSSR count). The summed E-state index contributed by atoms with van der Waals surface area (Å²) in [6.45, 7) is 4.99. The van der Waals surface area contributed by atoms with Gasteiger partial charge in [0.05, 0.1) is 11.6 Å². The van der Waals surface area contributed by atoms with Gasteiger partial charge in [-0.2, -0.15) is 0 Å². The third-order valence-corrected chi connectivity index (χ3v) is 7.20. The second kappa shape index (κ2) is 13.4. The highest BCUT2D eigenvalue weighted by molar-refractivity contribution is 6.33. The highest BCUT2D eigenvalue weighted by Crippen LogP contribution is 2.46. The molecule has 2 aliphatic rings. The van der Waals surface area contributed by atoms with Crippen molar-refractivity contribution >= 4 is 35.5 Å². The molecule has 220 valence electrons. The first-order valence-electron chi connectivity index (χ1n) is 13.4. The number of hydrogen-bond donors (Lipinski definition) is 0. The average molecular weight is 589 g/mol. The van der Waals surface area contributed by atoms with Crippen LogP contribution >= 0.6 is 11.6 Å². The first-order valence-corrected chi connectivity index (χ1v) is 13.7. The van der Waals surface area contributed by atoms with E-state index in [1.165, 1.54) is 27.7 Å². The molecule has 0 aromatic heterocycles. The van der Waals surface area contributed by atoms with Gasteiger partial charge < -0.3 is 28.4 Å². The monoisotopic (exact) mass is 588 g/mol. The molecule has 2 aliphatic heterocycles. The fraction of sp³-hybridized carbons (Fsp3) is 0.467. The molecular weight excluding hydrogens is 556 g/mol. The number of benzene rings is 2. The number of hydrogen-bond acceptors (Lipinski definition) is 10. The molecule has 2 aromatic carbocycles. The lowest BCUT2D eigenvalue weighted by molar-refractivity contribution is -0.254. The van der Waals surface area contributed by atoms with Crippen LogP contribution < -0.4 is 4.74 Å². The minimum absolute atomic E-state index is 0.308. The van der Waals surface area contributed by atoms with Crippen LogP contribution in [0.4, 0.5) is 0 Å². The third-order valence-electron chi connectivity index (χ3n) is 6.79. The second-order valence-electron chi connectivity index (χ2n) is 9.98. The van der Waals surface area contributed by atoms with Gasteiger partial charge in [-0.3, -0.25) is 19.2 Å². The number of carbonyl (C=O) groups is 4. The van der Waals surface area contributed by atoms with Gasteiger partial charge in [-0.15, -0.1) is 0 Å². The quantitative estimate of drug-likeness (QED) is 0.329. The SMILES string of the molecule is CC(=O)OCC1OC(c2cc(Cc3ccccc3)c(Cl)c3c2CCCO3)C(OC(C)=O)C(OC(C)=O)C1OC(C)=O. The van der Waals surface area contributed by atoms with Gasteiger partial charge >= 0.3 is 23.9 Å². The molecule has 41 heavy (non-hydrogen) atoms. The Labute approximate surface area is 243 Å². The lowest BCUT2D eigenvalue weighted by atomic mass is 9.85. The Morgan fingerprint density at radius 1 is 0.878 bits per heavy atom. The summed E-state index contributed by atoms with van der Waals surface area (Å²) in [7, 11) is 0. The summed E-state index contributed by atoms with van der Waals surface area (Å²) >= 11 is 6.86.